The molecule has 0 aliphatic heterocycles. The summed E-state index contributed by atoms with van der Waals surface area (Å²) in [6.07, 6.45) is -1.27. The molecule has 0 amide bonds. The smallest absolute Gasteiger partial charge is 0.353 e. The van der Waals surface area contributed by atoms with E-state index in [4.69, 9.17) is 0 Å². The van der Waals surface area contributed by atoms with E-state index in [-0.39, 0.29) is 11.7 Å². The second kappa shape index (κ2) is 4.08. The normalized spacial score (nSPS) is 11.7. The zero-order valence-corrected chi connectivity index (χ0v) is 8.56. The minimum atomic E-state index is -4.44. The van der Waals surface area contributed by atoms with Crippen molar-refractivity contribution in [2.24, 2.45) is 0 Å². The van der Waals surface area contributed by atoms with Crippen molar-refractivity contribution in [3.8, 4) is 0 Å². The summed E-state index contributed by atoms with van der Waals surface area (Å²) in [7, 11) is 0. The van der Waals surface area contributed by atoms with E-state index < -0.39 is 11.2 Å². The van der Waals surface area contributed by atoms with E-state index >= 15 is 0 Å². The molecule has 5 nitrogen and oxygen atoms in total. The number of halogens is 3. The van der Waals surface area contributed by atoms with Crippen LogP contribution >= 0.6 is 11.3 Å². The van der Waals surface area contributed by atoms with Crippen LogP contribution in [0.4, 0.5) is 18.3 Å². The molecule has 2 N–H and O–H groups in total. The molecular weight excluding hydrogens is 243 g/mol. The first-order valence-corrected chi connectivity index (χ1v) is 5.00. The first-order chi connectivity index (χ1) is 7.55. The fourth-order valence-electron chi connectivity index (χ4n) is 0.963. The van der Waals surface area contributed by atoms with Crippen molar-refractivity contribution in [1.82, 2.24) is 20.2 Å². The Bertz CT molecular complexity index is 449. The number of aromatic nitrogens is 4. The molecule has 0 spiro atoms. The first kappa shape index (κ1) is 10.9. The summed E-state index contributed by atoms with van der Waals surface area (Å²) in [5.74, 6) is 0.615. The molecule has 0 radical (unpaired) electrons. The quantitative estimate of drug-likeness (QED) is 0.871. The number of hydrogen-bond acceptors (Lipinski definition) is 5. The highest BCUT2D eigenvalue weighted by Gasteiger charge is 2.35. The third kappa shape index (κ3) is 2.48. The lowest BCUT2D eigenvalue weighted by Gasteiger charge is -1.98. The number of rotatable bonds is 3. The molecule has 0 aromatic carbocycles. The van der Waals surface area contributed by atoms with E-state index in [0.717, 1.165) is 0 Å². The fraction of sp³-hybridized carbons (Fsp3) is 0.286. The molecule has 2 aromatic rings. The van der Waals surface area contributed by atoms with E-state index in [9.17, 15) is 13.2 Å². The lowest BCUT2D eigenvalue weighted by atomic mass is 10.6. The van der Waals surface area contributed by atoms with Gasteiger partial charge in [-0.3, -0.25) is 0 Å². The standard InChI is InChI=1S/C7H6F3N5S/c8-7(9,10)5-14-15-6(16-5)13-3-4-11-1-2-12-4/h1-2H,3H2,(H,11,12)(H,13,15). The van der Waals surface area contributed by atoms with E-state index in [1.54, 1.807) is 12.4 Å². The third-order valence-electron chi connectivity index (χ3n) is 1.63. The zero-order chi connectivity index (χ0) is 11.6. The Balaban J connectivity index is 1.98. The number of imidazole rings is 1. The highest BCUT2D eigenvalue weighted by atomic mass is 32.1. The van der Waals surface area contributed by atoms with Crippen LogP contribution in [0.3, 0.4) is 0 Å². The Hall–Kier alpha value is -1.64. The van der Waals surface area contributed by atoms with E-state index in [1.165, 1.54) is 0 Å². The summed E-state index contributed by atoms with van der Waals surface area (Å²) in [6.45, 7) is 0.277. The lowest BCUT2D eigenvalue weighted by Crippen LogP contribution is -2.03. The minimum absolute atomic E-state index is 0.115. The fourth-order valence-corrected chi connectivity index (χ4v) is 1.57. The highest BCUT2D eigenvalue weighted by Crippen LogP contribution is 2.32. The number of H-pyrrole nitrogens is 1. The van der Waals surface area contributed by atoms with Crippen LogP contribution in [0.25, 0.3) is 0 Å². The highest BCUT2D eigenvalue weighted by molar-refractivity contribution is 7.15. The maximum Gasteiger partial charge on any atom is 0.445 e. The molecule has 86 valence electrons. The van der Waals surface area contributed by atoms with Crippen molar-refractivity contribution < 1.29 is 13.2 Å². The minimum Gasteiger partial charge on any atom is -0.353 e. The van der Waals surface area contributed by atoms with Gasteiger partial charge >= 0.3 is 6.18 Å². The van der Waals surface area contributed by atoms with Crippen molar-refractivity contribution in [1.29, 1.82) is 0 Å². The van der Waals surface area contributed by atoms with Crippen LogP contribution < -0.4 is 5.32 Å². The molecule has 0 saturated carbocycles. The summed E-state index contributed by atoms with van der Waals surface area (Å²) in [4.78, 5) is 6.71. The van der Waals surface area contributed by atoms with Crippen LogP contribution in [-0.4, -0.2) is 20.2 Å². The molecule has 16 heavy (non-hydrogen) atoms. The second-order valence-electron chi connectivity index (χ2n) is 2.80. The van der Waals surface area contributed by atoms with Crippen LogP contribution in [0.1, 0.15) is 10.8 Å². The molecule has 0 bridgehead atoms. The Kier molecular flexibility index (Phi) is 2.77. The molecule has 0 atom stereocenters. The Labute approximate surface area is 91.7 Å². The van der Waals surface area contributed by atoms with Gasteiger partial charge in [-0.2, -0.15) is 13.2 Å². The number of alkyl halides is 3. The summed E-state index contributed by atoms with van der Waals surface area (Å²) in [6, 6.07) is 0. The molecule has 0 fully saturated rings. The largest absolute Gasteiger partial charge is 0.445 e. The first-order valence-electron chi connectivity index (χ1n) is 4.18. The Morgan fingerprint density at radius 2 is 2.19 bits per heavy atom. The topological polar surface area (TPSA) is 66.5 Å². The van der Waals surface area contributed by atoms with Gasteiger partial charge in [0.2, 0.25) is 10.1 Å². The predicted molar refractivity (Wildman–Crippen MR) is 50.8 cm³/mol. The maximum absolute atomic E-state index is 12.2. The molecule has 0 saturated heterocycles. The Morgan fingerprint density at radius 3 is 2.75 bits per heavy atom. The molecule has 9 heteroatoms. The van der Waals surface area contributed by atoms with Gasteiger partial charge in [0, 0.05) is 12.4 Å². The molecule has 2 aromatic heterocycles. The number of hydrogen-bond donors (Lipinski definition) is 2. The zero-order valence-electron chi connectivity index (χ0n) is 7.75. The van der Waals surface area contributed by atoms with Gasteiger partial charge in [0.1, 0.15) is 5.82 Å². The summed E-state index contributed by atoms with van der Waals surface area (Å²) >= 11 is 0.462. The average molecular weight is 249 g/mol. The van der Waals surface area contributed by atoms with Gasteiger partial charge in [-0.15, -0.1) is 10.2 Å². The van der Waals surface area contributed by atoms with Crippen molar-refractivity contribution in [3.63, 3.8) is 0 Å². The van der Waals surface area contributed by atoms with Gasteiger partial charge in [0.25, 0.3) is 0 Å². The van der Waals surface area contributed by atoms with E-state index in [1.807, 2.05) is 0 Å². The van der Waals surface area contributed by atoms with E-state index in [2.05, 4.69) is 25.5 Å². The maximum atomic E-state index is 12.2. The van der Waals surface area contributed by atoms with Gasteiger partial charge < -0.3 is 10.3 Å². The SMILES string of the molecule is FC(F)(F)c1nnc(NCc2ncc[nH]2)s1. The van der Waals surface area contributed by atoms with Crippen LogP contribution in [0.5, 0.6) is 0 Å². The molecule has 0 aliphatic rings. The predicted octanol–water partition coefficient (Wildman–Crippen LogP) is 1.89. The van der Waals surface area contributed by atoms with Crippen molar-refractivity contribution in [3.05, 3.63) is 23.2 Å². The molecule has 0 unspecified atom stereocenters. The molecule has 2 rings (SSSR count). The van der Waals surface area contributed by atoms with Gasteiger partial charge in [0.05, 0.1) is 6.54 Å². The average Bonchev–Trinajstić information content (AvgIpc) is 2.85. The van der Waals surface area contributed by atoms with Crippen molar-refractivity contribution >= 4 is 16.5 Å². The van der Waals surface area contributed by atoms with Crippen LogP contribution in [-0.2, 0) is 12.7 Å². The van der Waals surface area contributed by atoms with Crippen LogP contribution in [0.15, 0.2) is 12.4 Å². The molecule has 0 aliphatic carbocycles. The lowest BCUT2D eigenvalue weighted by molar-refractivity contribution is -0.138. The number of aromatic amines is 1. The summed E-state index contributed by atoms with van der Waals surface area (Å²) in [5, 5.41) is 8.26. The van der Waals surface area contributed by atoms with Gasteiger partial charge in [-0.1, -0.05) is 11.3 Å². The Morgan fingerprint density at radius 1 is 1.38 bits per heavy atom. The van der Waals surface area contributed by atoms with Crippen molar-refractivity contribution in [2.75, 3.05) is 5.32 Å². The molecular formula is C7H6F3N5S. The third-order valence-corrected chi connectivity index (χ3v) is 2.56. The van der Waals surface area contributed by atoms with Gasteiger partial charge in [-0.25, -0.2) is 4.98 Å². The number of nitrogens with zero attached hydrogens (tertiary/aromatic N) is 3. The summed E-state index contributed by atoms with van der Waals surface area (Å²) in [5.41, 5.74) is 0. The molecule has 2 heterocycles. The second-order valence-corrected chi connectivity index (χ2v) is 3.78. The monoisotopic (exact) mass is 249 g/mol. The van der Waals surface area contributed by atoms with Crippen molar-refractivity contribution in [2.45, 2.75) is 12.7 Å². The number of nitrogens with one attached hydrogen (secondary N) is 2. The number of anilines is 1. The summed E-state index contributed by atoms with van der Waals surface area (Å²) < 4.78 is 36.5. The van der Waals surface area contributed by atoms with Gasteiger partial charge in [-0.05, 0) is 0 Å². The van der Waals surface area contributed by atoms with Gasteiger partial charge in [0.15, 0.2) is 0 Å². The van der Waals surface area contributed by atoms with E-state index in [0.29, 0.717) is 17.2 Å². The van der Waals surface area contributed by atoms with Crippen LogP contribution in [0.2, 0.25) is 0 Å². The van der Waals surface area contributed by atoms with Crippen LogP contribution in [0, 0.1) is 0 Å².